The van der Waals surface area contributed by atoms with Gasteiger partial charge in [0.05, 0.1) is 7.11 Å². The summed E-state index contributed by atoms with van der Waals surface area (Å²) in [6, 6.07) is 2.05. The molecule has 11 heteroatoms. The summed E-state index contributed by atoms with van der Waals surface area (Å²) in [5.74, 6) is -5.30. The average Bonchev–Trinajstić information content (AvgIpc) is 3.22. The molecule has 2 aliphatic heterocycles. The number of fused-ring (bicyclic) bond motifs is 2. The molecule has 0 saturated carbocycles. The number of carbonyl (C=O) groups is 3. The Bertz CT molecular complexity index is 1370. The fraction of sp³-hybridized carbons (Fsp3) is 0.370. The lowest BCUT2D eigenvalue weighted by Crippen LogP contribution is -2.44. The molecule has 4 N–H and O–H groups in total. The van der Waals surface area contributed by atoms with Crippen molar-refractivity contribution in [2.45, 2.75) is 58.5 Å². The van der Waals surface area contributed by atoms with Gasteiger partial charge >= 0.3 is 17.9 Å². The van der Waals surface area contributed by atoms with Crippen molar-refractivity contribution in [3.63, 3.8) is 0 Å². The zero-order valence-corrected chi connectivity index (χ0v) is 21.3. The topological polar surface area (TPSA) is 169 Å². The van der Waals surface area contributed by atoms with Gasteiger partial charge < -0.3 is 39.4 Å². The molecule has 38 heavy (non-hydrogen) atoms. The summed E-state index contributed by atoms with van der Waals surface area (Å²) >= 11 is 0. The van der Waals surface area contributed by atoms with Crippen LogP contribution in [0.1, 0.15) is 75.8 Å². The molecule has 0 spiro atoms. The third-order valence-corrected chi connectivity index (χ3v) is 6.68. The van der Waals surface area contributed by atoms with Gasteiger partial charge in [-0.2, -0.15) is 0 Å². The number of phenolic OH excluding ortho intramolecular Hbond substituents is 3. The standard InChI is InChI=1S/C27H28O11/c1-12(5-7-15-22(31)21-17(11-36-25(21)32)13(2)23(15)35-4)6-8-19(30)37-24-16-9-14(28)10-18(29)20(16)26(33)38-27(24,3)34/h5,9-10,24,28-29,31,34H,6-8,11H2,1-4H3/b12-5+/t24-,27-/m1/s1. The quantitative estimate of drug-likeness (QED) is 0.236. The van der Waals surface area contributed by atoms with Crippen molar-refractivity contribution in [2.24, 2.45) is 0 Å². The first-order valence-electron chi connectivity index (χ1n) is 11.8. The number of aliphatic hydroxyl groups is 1. The summed E-state index contributed by atoms with van der Waals surface area (Å²) in [7, 11) is 1.47. The van der Waals surface area contributed by atoms with Crippen LogP contribution in [0.5, 0.6) is 23.0 Å². The highest BCUT2D eigenvalue weighted by Gasteiger charge is 2.48. The van der Waals surface area contributed by atoms with Gasteiger partial charge in [-0.3, -0.25) is 4.79 Å². The Labute approximate surface area is 217 Å². The molecule has 0 radical (unpaired) electrons. The molecule has 4 rings (SSSR count). The second kappa shape index (κ2) is 9.90. The predicted molar refractivity (Wildman–Crippen MR) is 130 cm³/mol. The number of cyclic esters (lactones) is 2. The smallest absolute Gasteiger partial charge is 0.345 e. The maximum atomic E-state index is 12.7. The van der Waals surface area contributed by atoms with E-state index in [-0.39, 0.29) is 54.1 Å². The Morgan fingerprint density at radius 3 is 2.55 bits per heavy atom. The minimum absolute atomic E-state index is 0.0674. The van der Waals surface area contributed by atoms with Crippen molar-refractivity contribution in [1.29, 1.82) is 0 Å². The van der Waals surface area contributed by atoms with Crippen molar-refractivity contribution < 1.29 is 53.8 Å². The van der Waals surface area contributed by atoms with Crippen LogP contribution >= 0.6 is 0 Å². The summed E-state index contributed by atoms with van der Waals surface area (Å²) in [6.07, 6.45) is 0.653. The number of esters is 3. The molecule has 0 bridgehead atoms. The zero-order valence-electron chi connectivity index (χ0n) is 21.3. The number of hydrogen-bond donors (Lipinski definition) is 4. The molecule has 0 fully saturated rings. The van der Waals surface area contributed by atoms with Crippen LogP contribution in [0.2, 0.25) is 0 Å². The number of benzene rings is 2. The van der Waals surface area contributed by atoms with Gasteiger partial charge in [-0.25, -0.2) is 9.59 Å². The minimum atomic E-state index is -2.23. The first kappa shape index (κ1) is 26.8. The number of hydrogen-bond acceptors (Lipinski definition) is 11. The van der Waals surface area contributed by atoms with Gasteiger partial charge in [0.25, 0.3) is 5.79 Å². The van der Waals surface area contributed by atoms with E-state index in [1.165, 1.54) is 7.11 Å². The third kappa shape index (κ3) is 4.72. The van der Waals surface area contributed by atoms with E-state index in [0.29, 0.717) is 22.4 Å². The maximum Gasteiger partial charge on any atom is 0.345 e. The van der Waals surface area contributed by atoms with Gasteiger partial charge in [-0.1, -0.05) is 11.6 Å². The molecule has 0 saturated heterocycles. The van der Waals surface area contributed by atoms with Crippen LogP contribution in [0.15, 0.2) is 23.8 Å². The van der Waals surface area contributed by atoms with Crippen LogP contribution < -0.4 is 4.74 Å². The first-order chi connectivity index (χ1) is 17.9. The molecule has 2 aromatic carbocycles. The Hall–Kier alpha value is -4.25. The first-order valence-corrected chi connectivity index (χ1v) is 11.8. The molecule has 0 amide bonds. The van der Waals surface area contributed by atoms with Gasteiger partial charge in [0.1, 0.15) is 40.7 Å². The molecule has 2 atom stereocenters. The summed E-state index contributed by atoms with van der Waals surface area (Å²) in [5.41, 5.74) is 2.20. The van der Waals surface area contributed by atoms with E-state index >= 15 is 0 Å². The molecular weight excluding hydrogens is 500 g/mol. The number of rotatable bonds is 7. The Balaban J connectivity index is 1.48. The number of allylic oxidation sites excluding steroid dienone is 2. The van der Waals surface area contributed by atoms with Crippen molar-refractivity contribution in [3.05, 3.63) is 57.2 Å². The molecular formula is C27H28O11. The molecule has 2 aromatic rings. The van der Waals surface area contributed by atoms with Crippen molar-refractivity contribution in [2.75, 3.05) is 7.11 Å². The van der Waals surface area contributed by atoms with Gasteiger partial charge in [-0.05, 0) is 38.3 Å². The lowest BCUT2D eigenvalue weighted by molar-refractivity contribution is -0.233. The molecule has 2 heterocycles. The average molecular weight is 529 g/mol. The number of aromatic hydroxyl groups is 3. The summed E-state index contributed by atoms with van der Waals surface area (Å²) in [4.78, 5) is 37.0. The van der Waals surface area contributed by atoms with E-state index in [2.05, 4.69) is 0 Å². The number of ether oxygens (including phenoxy) is 4. The lowest BCUT2D eigenvalue weighted by Gasteiger charge is -2.36. The van der Waals surface area contributed by atoms with Crippen LogP contribution in [0.25, 0.3) is 0 Å². The van der Waals surface area contributed by atoms with E-state index in [9.17, 15) is 34.8 Å². The van der Waals surface area contributed by atoms with E-state index in [0.717, 1.165) is 24.6 Å². The van der Waals surface area contributed by atoms with E-state index in [1.54, 1.807) is 19.9 Å². The second-order valence-electron chi connectivity index (χ2n) is 9.41. The van der Waals surface area contributed by atoms with Crippen LogP contribution in [-0.2, 0) is 32.0 Å². The highest BCUT2D eigenvalue weighted by molar-refractivity contribution is 5.98. The highest BCUT2D eigenvalue weighted by Crippen LogP contribution is 2.44. The van der Waals surface area contributed by atoms with E-state index < -0.39 is 35.5 Å². The summed E-state index contributed by atoms with van der Waals surface area (Å²) in [5, 5.41) is 41.2. The van der Waals surface area contributed by atoms with Gasteiger partial charge in [-0.15, -0.1) is 0 Å². The zero-order chi connectivity index (χ0) is 27.9. The van der Waals surface area contributed by atoms with Gasteiger partial charge in [0.15, 0.2) is 6.10 Å². The molecule has 2 aliphatic rings. The fourth-order valence-electron chi connectivity index (χ4n) is 4.71. The van der Waals surface area contributed by atoms with Crippen LogP contribution in [-0.4, -0.2) is 51.2 Å². The maximum absolute atomic E-state index is 12.7. The van der Waals surface area contributed by atoms with E-state index in [4.69, 9.17) is 18.9 Å². The Kier molecular flexibility index (Phi) is 6.98. The monoisotopic (exact) mass is 528 g/mol. The number of phenols is 3. The van der Waals surface area contributed by atoms with Crippen LogP contribution in [0.4, 0.5) is 0 Å². The lowest BCUT2D eigenvalue weighted by atomic mass is 9.93. The summed E-state index contributed by atoms with van der Waals surface area (Å²) < 4.78 is 20.9. The van der Waals surface area contributed by atoms with E-state index in [1.807, 2.05) is 0 Å². The Morgan fingerprint density at radius 2 is 1.87 bits per heavy atom. The predicted octanol–water partition coefficient (Wildman–Crippen LogP) is 3.22. The minimum Gasteiger partial charge on any atom is -0.508 e. The Morgan fingerprint density at radius 1 is 1.16 bits per heavy atom. The number of methoxy groups -OCH3 is 1. The molecule has 11 nitrogen and oxygen atoms in total. The van der Waals surface area contributed by atoms with Crippen LogP contribution in [0.3, 0.4) is 0 Å². The van der Waals surface area contributed by atoms with Gasteiger partial charge in [0, 0.05) is 36.1 Å². The largest absolute Gasteiger partial charge is 0.508 e. The molecule has 0 aliphatic carbocycles. The molecule has 0 unspecified atom stereocenters. The highest BCUT2D eigenvalue weighted by atomic mass is 16.7. The molecule has 0 aromatic heterocycles. The normalized spacial score (nSPS) is 20.3. The van der Waals surface area contributed by atoms with Crippen LogP contribution in [0, 0.1) is 6.92 Å². The van der Waals surface area contributed by atoms with Gasteiger partial charge in [0.2, 0.25) is 0 Å². The summed E-state index contributed by atoms with van der Waals surface area (Å²) in [6.45, 7) is 4.75. The van der Waals surface area contributed by atoms with Crippen molar-refractivity contribution in [1.82, 2.24) is 0 Å². The SMILES string of the molecule is COc1c(C)c2c(c(O)c1C/C=C(\C)CCC(=O)O[C@@H]1c3cc(O)cc(O)c3C(=O)O[C@@]1(C)O)C(=O)OC2. The molecule has 202 valence electrons. The van der Waals surface area contributed by atoms with Crippen molar-refractivity contribution >= 4 is 17.9 Å². The second-order valence-corrected chi connectivity index (χ2v) is 9.41. The fourth-order valence-corrected chi connectivity index (χ4v) is 4.71. The number of carbonyl (C=O) groups excluding carboxylic acids is 3. The third-order valence-electron chi connectivity index (χ3n) is 6.68. The van der Waals surface area contributed by atoms with Crippen molar-refractivity contribution in [3.8, 4) is 23.0 Å².